The monoisotopic (exact) mass is 436 g/mol. The Morgan fingerprint density at radius 3 is 1.90 bits per heavy atom. The Balaban J connectivity index is 1.95. The zero-order valence-electron chi connectivity index (χ0n) is 16.7. The second-order valence-corrected chi connectivity index (χ2v) is 8.70. The highest BCUT2D eigenvalue weighted by Crippen LogP contribution is 2.23. The molecule has 0 atom stereocenters. The lowest BCUT2D eigenvalue weighted by atomic mass is 10.1. The van der Waals surface area contributed by atoms with E-state index in [0.717, 1.165) is 11.1 Å². The molecular weight excluding hydrogens is 416 g/mol. The van der Waals surface area contributed by atoms with Crippen molar-refractivity contribution in [3.63, 3.8) is 0 Å². The van der Waals surface area contributed by atoms with Crippen molar-refractivity contribution in [2.75, 3.05) is 7.11 Å². The van der Waals surface area contributed by atoms with Crippen LogP contribution < -0.4 is 4.74 Å². The second-order valence-electron chi connectivity index (χ2n) is 6.76. The number of sulfonamides is 1. The third kappa shape index (κ3) is 5.28. The molecular formula is C23H20N2O5S. The van der Waals surface area contributed by atoms with E-state index in [2.05, 4.69) is 0 Å². The molecule has 1 N–H and O–H groups in total. The molecule has 0 saturated carbocycles. The first-order chi connectivity index (χ1) is 14.8. The lowest BCUT2D eigenvalue weighted by molar-refractivity contribution is 0.0696. The Morgan fingerprint density at radius 1 is 0.935 bits per heavy atom. The number of carboxylic acids is 1. The predicted molar refractivity (Wildman–Crippen MR) is 114 cm³/mol. The van der Waals surface area contributed by atoms with Gasteiger partial charge in [-0.1, -0.05) is 24.3 Å². The average Bonchev–Trinajstić information content (AvgIpc) is 2.79. The molecule has 0 bridgehead atoms. The highest BCUT2D eigenvalue weighted by Gasteiger charge is 2.25. The third-order valence-electron chi connectivity index (χ3n) is 4.70. The molecule has 0 aliphatic heterocycles. The van der Waals surface area contributed by atoms with Gasteiger partial charge in [0, 0.05) is 13.1 Å². The number of hydrogen-bond acceptors (Lipinski definition) is 5. The normalized spacial score (nSPS) is 11.1. The summed E-state index contributed by atoms with van der Waals surface area (Å²) in [5.41, 5.74) is 1.98. The minimum absolute atomic E-state index is 0.000318. The molecule has 3 rings (SSSR count). The van der Waals surface area contributed by atoms with Crippen LogP contribution in [0, 0.1) is 11.3 Å². The fourth-order valence-corrected chi connectivity index (χ4v) is 4.38. The minimum atomic E-state index is -3.93. The van der Waals surface area contributed by atoms with Gasteiger partial charge in [0.15, 0.2) is 0 Å². The van der Waals surface area contributed by atoms with Crippen molar-refractivity contribution < 1.29 is 23.1 Å². The maximum atomic E-state index is 13.4. The number of nitrogens with zero attached hydrogens (tertiary/aromatic N) is 2. The lowest BCUT2D eigenvalue weighted by Gasteiger charge is -2.23. The molecule has 0 amide bonds. The molecule has 31 heavy (non-hydrogen) atoms. The summed E-state index contributed by atoms with van der Waals surface area (Å²) in [6.45, 7) is 0.188. The maximum absolute atomic E-state index is 13.4. The van der Waals surface area contributed by atoms with E-state index in [0.29, 0.717) is 11.3 Å². The van der Waals surface area contributed by atoms with E-state index in [1.54, 1.807) is 55.6 Å². The van der Waals surface area contributed by atoms with E-state index in [4.69, 9.17) is 15.1 Å². The highest BCUT2D eigenvalue weighted by molar-refractivity contribution is 7.89. The zero-order chi connectivity index (χ0) is 22.4. The molecule has 0 spiro atoms. The smallest absolute Gasteiger partial charge is 0.335 e. The highest BCUT2D eigenvalue weighted by atomic mass is 32.2. The number of carboxylic acid groups (broad SMARTS) is 1. The predicted octanol–water partition coefficient (Wildman–Crippen LogP) is 3.66. The number of benzene rings is 3. The summed E-state index contributed by atoms with van der Waals surface area (Å²) in [5, 5.41) is 18.0. The first-order valence-electron chi connectivity index (χ1n) is 9.29. The summed E-state index contributed by atoms with van der Waals surface area (Å²) >= 11 is 0. The molecule has 3 aromatic rings. The van der Waals surface area contributed by atoms with Gasteiger partial charge in [0.05, 0.1) is 29.2 Å². The van der Waals surface area contributed by atoms with E-state index in [-0.39, 0.29) is 23.5 Å². The van der Waals surface area contributed by atoms with Crippen LogP contribution in [-0.4, -0.2) is 30.9 Å². The number of ether oxygens (including phenoxy) is 1. The number of methoxy groups -OCH3 is 1. The van der Waals surface area contributed by atoms with Crippen LogP contribution in [0.15, 0.2) is 77.7 Å². The Hall–Kier alpha value is -3.67. The van der Waals surface area contributed by atoms with Crippen molar-refractivity contribution >= 4 is 16.0 Å². The molecule has 3 aromatic carbocycles. The Labute approximate surface area is 180 Å². The van der Waals surface area contributed by atoms with E-state index < -0.39 is 16.0 Å². The molecule has 0 unspecified atom stereocenters. The SMILES string of the molecule is COc1ccc(CN(Cc2ccc(C#N)cc2)S(=O)(=O)c2ccc(C(=O)O)cc2)cc1. The van der Waals surface area contributed by atoms with E-state index in [1.165, 1.54) is 28.6 Å². The minimum Gasteiger partial charge on any atom is -0.497 e. The van der Waals surface area contributed by atoms with Crippen molar-refractivity contribution in [2.24, 2.45) is 0 Å². The Morgan fingerprint density at radius 2 is 1.45 bits per heavy atom. The number of aromatic carboxylic acids is 1. The van der Waals surface area contributed by atoms with Gasteiger partial charge in [-0.05, 0) is 59.7 Å². The van der Waals surface area contributed by atoms with Crippen LogP contribution in [-0.2, 0) is 23.1 Å². The van der Waals surface area contributed by atoms with E-state index in [1.807, 2.05) is 6.07 Å². The molecule has 0 aliphatic rings. The van der Waals surface area contributed by atoms with E-state index in [9.17, 15) is 13.2 Å². The summed E-state index contributed by atoms with van der Waals surface area (Å²) in [5.74, 6) is -0.467. The fraction of sp³-hybridized carbons (Fsp3) is 0.130. The van der Waals surface area contributed by atoms with Crippen LogP contribution in [0.2, 0.25) is 0 Å². The average molecular weight is 436 g/mol. The van der Waals surface area contributed by atoms with Gasteiger partial charge in [-0.25, -0.2) is 13.2 Å². The van der Waals surface area contributed by atoms with Crippen LogP contribution in [0.25, 0.3) is 0 Å². The maximum Gasteiger partial charge on any atom is 0.335 e. The van der Waals surface area contributed by atoms with Crippen molar-refractivity contribution in [3.8, 4) is 11.8 Å². The summed E-state index contributed by atoms with van der Waals surface area (Å²) in [6, 6.07) is 20.9. The standard InChI is InChI=1S/C23H20N2O5S/c1-30-21-10-6-19(7-11-21)16-25(15-18-4-2-17(14-24)3-5-18)31(28,29)22-12-8-20(9-13-22)23(26)27/h2-13H,15-16H2,1H3,(H,26,27). The van der Waals surface area contributed by atoms with Gasteiger partial charge in [-0.2, -0.15) is 9.57 Å². The molecule has 8 heteroatoms. The molecule has 7 nitrogen and oxygen atoms in total. The summed E-state index contributed by atoms with van der Waals surface area (Å²) in [6.07, 6.45) is 0. The van der Waals surface area contributed by atoms with Gasteiger partial charge >= 0.3 is 5.97 Å². The van der Waals surface area contributed by atoms with Crippen LogP contribution in [0.4, 0.5) is 0 Å². The van der Waals surface area contributed by atoms with Crippen LogP contribution in [0.5, 0.6) is 5.75 Å². The van der Waals surface area contributed by atoms with Gasteiger partial charge in [0.25, 0.3) is 0 Å². The number of rotatable bonds is 8. The van der Waals surface area contributed by atoms with Gasteiger partial charge in [-0.15, -0.1) is 0 Å². The molecule has 0 saturated heterocycles. The van der Waals surface area contributed by atoms with Gasteiger partial charge in [0.1, 0.15) is 5.75 Å². The first-order valence-corrected chi connectivity index (χ1v) is 10.7. The fourth-order valence-electron chi connectivity index (χ4n) is 2.97. The largest absolute Gasteiger partial charge is 0.497 e. The summed E-state index contributed by atoms with van der Waals surface area (Å²) in [4.78, 5) is 11.1. The molecule has 158 valence electrons. The van der Waals surface area contributed by atoms with Crippen LogP contribution >= 0.6 is 0 Å². The Bertz CT molecular complexity index is 1200. The summed E-state index contributed by atoms with van der Waals surface area (Å²) in [7, 11) is -2.37. The lowest BCUT2D eigenvalue weighted by Crippen LogP contribution is -2.30. The quantitative estimate of drug-likeness (QED) is 0.577. The number of carbonyl (C=O) groups is 1. The van der Waals surface area contributed by atoms with Gasteiger partial charge < -0.3 is 9.84 Å². The topological polar surface area (TPSA) is 108 Å². The first kappa shape index (κ1) is 22.0. The second kappa shape index (κ2) is 9.43. The zero-order valence-corrected chi connectivity index (χ0v) is 17.5. The van der Waals surface area contributed by atoms with Crippen LogP contribution in [0.3, 0.4) is 0 Å². The molecule has 0 radical (unpaired) electrons. The van der Waals surface area contributed by atoms with Crippen molar-refractivity contribution in [2.45, 2.75) is 18.0 Å². The van der Waals surface area contributed by atoms with Crippen molar-refractivity contribution in [1.82, 2.24) is 4.31 Å². The van der Waals surface area contributed by atoms with Gasteiger partial charge in [-0.3, -0.25) is 0 Å². The van der Waals surface area contributed by atoms with Crippen molar-refractivity contribution in [3.05, 3.63) is 95.1 Å². The summed E-state index contributed by atoms with van der Waals surface area (Å²) < 4.78 is 33.2. The number of nitriles is 1. The molecule has 0 aliphatic carbocycles. The van der Waals surface area contributed by atoms with Crippen LogP contribution in [0.1, 0.15) is 27.0 Å². The van der Waals surface area contributed by atoms with Crippen molar-refractivity contribution in [1.29, 1.82) is 5.26 Å². The molecule has 0 fully saturated rings. The molecule has 0 heterocycles. The van der Waals surface area contributed by atoms with Gasteiger partial charge in [0.2, 0.25) is 10.0 Å². The Kier molecular flexibility index (Phi) is 6.70. The van der Waals surface area contributed by atoms with E-state index >= 15 is 0 Å². The molecule has 0 aromatic heterocycles. The number of hydrogen-bond donors (Lipinski definition) is 1. The third-order valence-corrected chi connectivity index (χ3v) is 6.50.